The van der Waals surface area contributed by atoms with E-state index in [-0.39, 0.29) is 0 Å². The molecule has 2 saturated heterocycles. The molecule has 0 bridgehead atoms. The van der Waals surface area contributed by atoms with E-state index in [1.807, 2.05) is 12.4 Å². The van der Waals surface area contributed by atoms with Crippen LogP contribution >= 0.6 is 0 Å². The molecule has 1 atom stereocenters. The highest BCUT2D eigenvalue weighted by Gasteiger charge is 2.47. The molecule has 0 radical (unpaired) electrons. The molecule has 0 saturated carbocycles. The molecule has 5 rings (SSSR count). The third-order valence-electron chi connectivity index (χ3n) is 6.12. The predicted molar refractivity (Wildman–Crippen MR) is 99.1 cm³/mol. The summed E-state index contributed by atoms with van der Waals surface area (Å²) in [4.78, 5) is 4.13. The van der Waals surface area contributed by atoms with Gasteiger partial charge < -0.3 is 14.6 Å². The maximum Gasteiger partial charge on any atom is 0.0531 e. The van der Waals surface area contributed by atoms with Gasteiger partial charge in [0.25, 0.3) is 0 Å². The zero-order valence-corrected chi connectivity index (χ0v) is 14.3. The number of fused-ring (bicyclic) bond motifs is 1. The summed E-state index contributed by atoms with van der Waals surface area (Å²) >= 11 is 0. The average Bonchev–Trinajstić information content (AvgIpc) is 3.11. The predicted octanol–water partition coefficient (Wildman–Crippen LogP) is 3.34. The maximum absolute atomic E-state index is 5.59. The Balaban J connectivity index is 1.47. The Hall–Kier alpha value is -2.17. The van der Waals surface area contributed by atoms with Crippen LogP contribution in [0.25, 0.3) is 16.6 Å². The topological polar surface area (TPSA) is 39.1 Å². The Labute approximate surface area is 147 Å². The first kappa shape index (κ1) is 15.1. The minimum atomic E-state index is 0.452. The van der Waals surface area contributed by atoms with Crippen LogP contribution in [0.4, 0.5) is 0 Å². The van der Waals surface area contributed by atoms with E-state index in [1.54, 1.807) is 0 Å². The van der Waals surface area contributed by atoms with Gasteiger partial charge in [0.2, 0.25) is 0 Å². The first-order valence-corrected chi connectivity index (χ1v) is 9.16. The molecular formula is C21H23N3O. The second-order valence-electron chi connectivity index (χ2n) is 7.35. The van der Waals surface area contributed by atoms with Crippen molar-refractivity contribution in [3.05, 3.63) is 60.6 Å². The van der Waals surface area contributed by atoms with Crippen molar-refractivity contribution in [3.63, 3.8) is 0 Å². The summed E-state index contributed by atoms with van der Waals surface area (Å²) < 4.78 is 7.83. The maximum atomic E-state index is 5.59. The lowest BCUT2D eigenvalue weighted by atomic mass is 9.66. The molecule has 1 N–H and O–H groups in total. The number of ether oxygens (including phenoxy) is 1. The number of nitrogens with one attached hydrogen (secondary N) is 1. The molecule has 3 aromatic rings. The number of aromatic nitrogens is 2. The van der Waals surface area contributed by atoms with E-state index < -0.39 is 0 Å². The van der Waals surface area contributed by atoms with Gasteiger partial charge in [-0.25, -0.2) is 0 Å². The van der Waals surface area contributed by atoms with Crippen molar-refractivity contribution in [2.45, 2.75) is 25.3 Å². The van der Waals surface area contributed by atoms with Gasteiger partial charge in [0.05, 0.1) is 5.52 Å². The minimum Gasteiger partial charge on any atom is -0.381 e. The summed E-state index contributed by atoms with van der Waals surface area (Å²) in [6.45, 7) is 2.98. The summed E-state index contributed by atoms with van der Waals surface area (Å²) in [7, 11) is 0. The Morgan fingerprint density at radius 2 is 1.96 bits per heavy atom. The van der Waals surface area contributed by atoms with E-state index in [0.29, 0.717) is 11.5 Å². The zero-order valence-electron chi connectivity index (χ0n) is 14.3. The van der Waals surface area contributed by atoms with Crippen LogP contribution in [0.1, 0.15) is 18.4 Å². The van der Waals surface area contributed by atoms with Crippen LogP contribution in [-0.2, 0) is 11.2 Å². The average molecular weight is 333 g/mol. The second-order valence-corrected chi connectivity index (χ2v) is 7.35. The van der Waals surface area contributed by atoms with Crippen molar-refractivity contribution in [1.29, 1.82) is 0 Å². The summed E-state index contributed by atoms with van der Waals surface area (Å²) in [5.41, 5.74) is 4.32. The van der Waals surface area contributed by atoms with Crippen LogP contribution in [0.15, 0.2) is 55.0 Å². The van der Waals surface area contributed by atoms with E-state index >= 15 is 0 Å². The molecule has 2 aromatic heterocycles. The summed E-state index contributed by atoms with van der Waals surface area (Å²) in [6, 6.07) is 13.6. The van der Waals surface area contributed by atoms with Crippen molar-refractivity contribution in [2.24, 2.45) is 5.41 Å². The molecule has 25 heavy (non-hydrogen) atoms. The van der Waals surface area contributed by atoms with Crippen LogP contribution in [-0.4, -0.2) is 35.4 Å². The van der Waals surface area contributed by atoms with Gasteiger partial charge in [-0.3, -0.25) is 4.98 Å². The Morgan fingerprint density at radius 3 is 2.72 bits per heavy atom. The smallest absolute Gasteiger partial charge is 0.0531 e. The van der Waals surface area contributed by atoms with Crippen molar-refractivity contribution < 1.29 is 4.74 Å². The van der Waals surface area contributed by atoms with Gasteiger partial charge in [-0.05, 0) is 49.1 Å². The number of nitrogens with zero attached hydrogens (tertiary/aromatic N) is 2. The van der Waals surface area contributed by atoms with Gasteiger partial charge in [0.15, 0.2) is 0 Å². The van der Waals surface area contributed by atoms with Crippen LogP contribution in [0.2, 0.25) is 0 Å². The van der Waals surface area contributed by atoms with Crippen molar-refractivity contribution >= 4 is 10.9 Å². The van der Waals surface area contributed by atoms with Gasteiger partial charge in [0.1, 0.15) is 0 Å². The molecule has 4 heterocycles. The number of rotatable bonds is 3. The minimum absolute atomic E-state index is 0.452. The molecular weight excluding hydrogens is 310 g/mol. The SMILES string of the molecule is c1cc(CC2NCC23CCOCC3)c2ccn(-c3ccncc3)c2c1. The Morgan fingerprint density at radius 1 is 1.12 bits per heavy atom. The number of hydrogen-bond donors (Lipinski definition) is 1. The molecule has 2 fully saturated rings. The highest BCUT2D eigenvalue weighted by molar-refractivity contribution is 5.85. The summed E-state index contributed by atoms with van der Waals surface area (Å²) in [5.74, 6) is 0. The number of hydrogen-bond acceptors (Lipinski definition) is 3. The van der Waals surface area contributed by atoms with Gasteiger partial charge >= 0.3 is 0 Å². The Bertz CT molecular complexity index is 881. The lowest BCUT2D eigenvalue weighted by Crippen LogP contribution is -2.65. The van der Waals surface area contributed by atoms with Crippen molar-refractivity contribution in [1.82, 2.24) is 14.9 Å². The molecule has 4 nitrogen and oxygen atoms in total. The molecule has 2 aliphatic heterocycles. The third kappa shape index (κ3) is 2.48. The van der Waals surface area contributed by atoms with E-state index in [9.17, 15) is 0 Å². The highest BCUT2D eigenvalue weighted by Crippen LogP contribution is 2.41. The van der Waals surface area contributed by atoms with Crippen molar-refractivity contribution in [2.75, 3.05) is 19.8 Å². The largest absolute Gasteiger partial charge is 0.381 e. The lowest BCUT2D eigenvalue weighted by molar-refractivity contribution is -0.0462. The van der Waals surface area contributed by atoms with E-state index in [1.165, 1.54) is 29.3 Å². The van der Waals surface area contributed by atoms with Crippen molar-refractivity contribution in [3.8, 4) is 5.69 Å². The fraction of sp³-hybridized carbons (Fsp3) is 0.381. The molecule has 4 heteroatoms. The molecule has 128 valence electrons. The van der Waals surface area contributed by atoms with Crippen LogP contribution in [0.3, 0.4) is 0 Å². The zero-order chi connectivity index (χ0) is 16.7. The van der Waals surface area contributed by atoms with Gasteiger partial charge in [0, 0.05) is 60.9 Å². The molecule has 1 unspecified atom stereocenters. The summed E-state index contributed by atoms with van der Waals surface area (Å²) in [5, 5.41) is 5.04. The second kappa shape index (κ2) is 5.97. The molecule has 1 spiro atoms. The standard InChI is InChI=1S/C21H23N3O/c1-2-16(14-20-21(15-23-20)7-12-25-13-8-21)18-6-11-24(19(18)3-1)17-4-9-22-10-5-17/h1-6,9-11,20,23H,7-8,12-15H2. The number of benzene rings is 1. The molecule has 1 aromatic carbocycles. The van der Waals surface area contributed by atoms with Crippen LogP contribution in [0, 0.1) is 5.41 Å². The summed E-state index contributed by atoms with van der Waals surface area (Å²) in [6.07, 6.45) is 9.34. The first-order chi connectivity index (χ1) is 12.4. The van der Waals surface area contributed by atoms with E-state index in [4.69, 9.17) is 4.74 Å². The fourth-order valence-electron chi connectivity index (χ4n) is 4.49. The van der Waals surface area contributed by atoms with Gasteiger partial charge in [-0.1, -0.05) is 12.1 Å². The monoisotopic (exact) mass is 333 g/mol. The lowest BCUT2D eigenvalue weighted by Gasteiger charge is -2.53. The molecule has 2 aliphatic rings. The Kier molecular flexibility index (Phi) is 3.61. The fourth-order valence-corrected chi connectivity index (χ4v) is 4.49. The van der Waals surface area contributed by atoms with E-state index in [2.05, 4.69) is 57.5 Å². The van der Waals surface area contributed by atoms with Crippen LogP contribution < -0.4 is 5.32 Å². The number of pyridine rings is 1. The van der Waals surface area contributed by atoms with Gasteiger partial charge in [-0.15, -0.1) is 0 Å². The molecule has 0 aliphatic carbocycles. The quantitative estimate of drug-likeness (QED) is 0.799. The van der Waals surface area contributed by atoms with Crippen LogP contribution in [0.5, 0.6) is 0 Å². The normalized spacial score (nSPS) is 22.2. The van der Waals surface area contributed by atoms with E-state index in [0.717, 1.165) is 31.9 Å². The van der Waals surface area contributed by atoms with Gasteiger partial charge in [-0.2, -0.15) is 0 Å². The molecule has 0 amide bonds. The third-order valence-corrected chi connectivity index (χ3v) is 6.12. The highest BCUT2D eigenvalue weighted by atomic mass is 16.5. The first-order valence-electron chi connectivity index (χ1n) is 9.16.